The van der Waals surface area contributed by atoms with Crippen molar-refractivity contribution in [3.8, 4) is 11.4 Å². The van der Waals surface area contributed by atoms with Gasteiger partial charge in [-0.3, -0.25) is 9.88 Å². The molecule has 0 atom stereocenters. The topological polar surface area (TPSA) is 89.4 Å². The number of nitrogens with zero attached hydrogens (tertiary/aromatic N) is 5. The first kappa shape index (κ1) is 19.5. The van der Waals surface area contributed by atoms with Crippen molar-refractivity contribution >= 4 is 11.8 Å². The number of likely N-dealkylation sites (N-methyl/N-ethyl adjacent to an activating group) is 1. The molecule has 8 heteroatoms. The van der Waals surface area contributed by atoms with Crippen LogP contribution in [0, 0.1) is 0 Å². The predicted molar refractivity (Wildman–Crippen MR) is 108 cm³/mol. The summed E-state index contributed by atoms with van der Waals surface area (Å²) in [4.78, 5) is 18.3. The number of hydrogen-bond acceptors (Lipinski definition) is 8. The molecule has 0 bridgehead atoms. The van der Waals surface area contributed by atoms with Crippen LogP contribution in [0.25, 0.3) is 11.4 Å². The highest BCUT2D eigenvalue weighted by atomic mass is 16.3. The Balaban J connectivity index is 1.64. The molecule has 0 aliphatic carbocycles. The van der Waals surface area contributed by atoms with Crippen LogP contribution in [0.1, 0.15) is 6.42 Å². The van der Waals surface area contributed by atoms with E-state index in [9.17, 15) is 0 Å². The van der Waals surface area contributed by atoms with E-state index in [1.807, 2.05) is 24.3 Å². The summed E-state index contributed by atoms with van der Waals surface area (Å²) in [6, 6.07) is 7.71. The molecule has 1 saturated heterocycles. The molecule has 0 radical (unpaired) electrons. The summed E-state index contributed by atoms with van der Waals surface area (Å²) in [6.45, 7) is 7.05. The van der Waals surface area contributed by atoms with Crippen molar-refractivity contribution in [2.75, 3.05) is 70.1 Å². The number of hydrogen-bond donors (Lipinski definition) is 3. The second kappa shape index (κ2) is 10.1. The fourth-order valence-corrected chi connectivity index (χ4v) is 2.96. The van der Waals surface area contributed by atoms with Crippen molar-refractivity contribution in [3.63, 3.8) is 0 Å². The lowest BCUT2D eigenvalue weighted by Crippen LogP contribution is -2.45. The zero-order chi connectivity index (χ0) is 18.9. The Labute approximate surface area is 160 Å². The van der Waals surface area contributed by atoms with Gasteiger partial charge in [0, 0.05) is 64.7 Å². The summed E-state index contributed by atoms with van der Waals surface area (Å²) < 4.78 is 0. The van der Waals surface area contributed by atoms with E-state index < -0.39 is 0 Å². The summed E-state index contributed by atoms with van der Waals surface area (Å²) in [7, 11) is 2.17. The molecule has 1 fully saturated rings. The lowest BCUT2D eigenvalue weighted by atomic mass is 10.2. The summed E-state index contributed by atoms with van der Waals surface area (Å²) >= 11 is 0. The van der Waals surface area contributed by atoms with E-state index in [1.54, 1.807) is 6.20 Å². The average molecular weight is 371 g/mol. The lowest BCUT2D eigenvalue weighted by Gasteiger charge is -2.32. The van der Waals surface area contributed by atoms with Crippen LogP contribution in [0.15, 0.2) is 30.5 Å². The molecule has 0 spiro atoms. The molecule has 2 aromatic heterocycles. The maximum atomic E-state index is 8.98. The van der Waals surface area contributed by atoms with Crippen LogP contribution in [0.3, 0.4) is 0 Å². The number of pyridine rings is 1. The van der Waals surface area contributed by atoms with Gasteiger partial charge in [-0.2, -0.15) is 4.98 Å². The van der Waals surface area contributed by atoms with Crippen LogP contribution in [-0.4, -0.2) is 89.3 Å². The van der Waals surface area contributed by atoms with Crippen molar-refractivity contribution in [3.05, 3.63) is 30.5 Å². The van der Waals surface area contributed by atoms with Gasteiger partial charge in [-0.25, -0.2) is 4.98 Å². The number of nitrogens with one attached hydrogen (secondary N) is 2. The predicted octanol–water partition coefficient (Wildman–Crippen LogP) is 0.992. The van der Waals surface area contributed by atoms with Crippen LogP contribution in [0.2, 0.25) is 0 Å². The highest BCUT2D eigenvalue weighted by molar-refractivity contribution is 5.60. The van der Waals surface area contributed by atoms with E-state index in [4.69, 9.17) is 5.11 Å². The van der Waals surface area contributed by atoms with Crippen LogP contribution in [-0.2, 0) is 0 Å². The SMILES string of the molecule is CN1CCN(CCNc2cc(-c3ccccn3)nc(NCCCO)n2)CC1. The van der Waals surface area contributed by atoms with Crippen molar-refractivity contribution in [1.29, 1.82) is 0 Å². The fourth-order valence-electron chi connectivity index (χ4n) is 2.96. The maximum absolute atomic E-state index is 8.98. The number of aliphatic hydroxyl groups is 1. The van der Waals surface area contributed by atoms with Gasteiger partial charge in [0.05, 0.1) is 11.4 Å². The molecule has 2 aromatic rings. The van der Waals surface area contributed by atoms with Crippen LogP contribution < -0.4 is 10.6 Å². The first-order valence-electron chi connectivity index (χ1n) is 9.54. The largest absolute Gasteiger partial charge is 0.396 e. The Morgan fingerprint density at radius 1 is 1.04 bits per heavy atom. The Morgan fingerprint density at radius 2 is 1.89 bits per heavy atom. The van der Waals surface area contributed by atoms with E-state index in [2.05, 4.69) is 42.4 Å². The smallest absolute Gasteiger partial charge is 0.225 e. The molecule has 0 saturated carbocycles. The van der Waals surface area contributed by atoms with Gasteiger partial charge in [0.2, 0.25) is 5.95 Å². The number of anilines is 2. The molecule has 0 aromatic carbocycles. The van der Waals surface area contributed by atoms with E-state index >= 15 is 0 Å². The Hall–Kier alpha value is -2.29. The van der Waals surface area contributed by atoms with Crippen molar-refractivity contribution in [1.82, 2.24) is 24.8 Å². The molecule has 8 nitrogen and oxygen atoms in total. The first-order chi connectivity index (χ1) is 13.2. The summed E-state index contributed by atoms with van der Waals surface area (Å²) in [5.41, 5.74) is 1.59. The van der Waals surface area contributed by atoms with E-state index in [0.29, 0.717) is 18.9 Å². The number of aromatic nitrogens is 3. The molecule has 1 aliphatic heterocycles. The van der Waals surface area contributed by atoms with E-state index in [0.717, 1.165) is 56.5 Å². The Morgan fingerprint density at radius 3 is 2.63 bits per heavy atom. The third-order valence-electron chi connectivity index (χ3n) is 4.60. The summed E-state index contributed by atoms with van der Waals surface area (Å²) in [5.74, 6) is 1.33. The molecule has 3 rings (SSSR count). The monoisotopic (exact) mass is 371 g/mol. The zero-order valence-electron chi connectivity index (χ0n) is 15.9. The minimum absolute atomic E-state index is 0.142. The third kappa shape index (κ3) is 6.13. The number of rotatable bonds is 9. The molecule has 1 aliphatic rings. The molecular formula is C19H29N7O. The van der Waals surface area contributed by atoms with Crippen molar-refractivity contribution < 1.29 is 5.11 Å². The highest BCUT2D eigenvalue weighted by Crippen LogP contribution is 2.19. The lowest BCUT2D eigenvalue weighted by molar-refractivity contribution is 0.158. The molecule has 3 N–H and O–H groups in total. The van der Waals surface area contributed by atoms with Crippen LogP contribution in [0.5, 0.6) is 0 Å². The average Bonchev–Trinajstić information content (AvgIpc) is 2.70. The standard InChI is InChI=1S/C19H29N7O/c1-25-10-12-26(13-11-25)9-8-21-18-15-17(16-5-2-3-6-20-16)23-19(24-18)22-7-4-14-27/h2-3,5-6,15,27H,4,7-14H2,1H3,(H2,21,22,23,24). The second-order valence-corrected chi connectivity index (χ2v) is 6.75. The van der Waals surface area contributed by atoms with E-state index in [1.165, 1.54) is 0 Å². The minimum Gasteiger partial charge on any atom is -0.396 e. The van der Waals surface area contributed by atoms with Gasteiger partial charge in [0.15, 0.2) is 0 Å². The molecule has 0 amide bonds. The zero-order valence-corrected chi connectivity index (χ0v) is 15.9. The Kier molecular flexibility index (Phi) is 7.32. The van der Waals surface area contributed by atoms with Gasteiger partial charge in [-0.15, -0.1) is 0 Å². The van der Waals surface area contributed by atoms with Crippen LogP contribution in [0.4, 0.5) is 11.8 Å². The maximum Gasteiger partial charge on any atom is 0.225 e. The van der Waals surface area contributed by atoms with Gasteiger partial charge < -0.3 is 20.6 Å². The molecule has 0 unspecified atom stereocenters. The highest BCUT2D eigenvalue weighted by Gasteiger charge is 2.13. The molecule has 3 heterocycles. The normalized spacial score (nSPS) is 15.6. The van der Waals surface area contributed by atoms with Crippen molar-refractivity contribution in [2.24, 2.45) is 0 Å². The molecule has 27 heavy (non-hydrogen) atoms. The van der Waals surface area contributed by atoms with Gasteiger partial charge in [-0.05, 0) is 25.6 Å². The summed E-state index contributed by atoms with van der Waals surface area (Å²) in [6.07, 6.45) is 2.42. The minimum atomic E-state index is 0.142. The van der Waals surface area contributed by atoms with Gasteiger partial charge in [-0.1, -0.05) is 6.07 Å². The van der Waals surface area contributed by atoms with E-state index in [-0.39, 0.29) is 6.61 Å². The molecule has 146 valence electrons. The van der Waals surface area contributed by atoms with Crippen LogP contribution >= 0.6 is 0 Å². The van der Waals surface area contributed by atoms with Gasteiger partial charge in [0.1, 0.15) is 5.82 Å². The third-order valence-corrected chi connectivity index (χ3v) is 4.60. The number of piperazine rings is 1. The Bertz CT molecular complexity index is 690. The molecular weight excluding hydrogens is 342 g/mol. The van der Waals surface area contributed by atoms with Gasteiger partial charge >= 0.3 is 0 Å². The summed E-state index contributed by atoms with van der Waals surface area (Å²) in [5, 5.41) is 15.6. The fraction of sp³-hybridized carbons (Fsp3) is 0.526. The number of aliphatic hydroxyl groups excluding tert-OH is 1. The first-order valence-corrected chi connectivity index (χ1v) is 9.54. The quantitative estimate of drug-likeness (QED) is 0.563. The van der Waals surface area contributed by atoms with Crippen molar-refractivity contribution in [2.45, 2.75) is 6.42 Å². The van der Waals surface area contributed by atoms with Gasteiger partial charge in [0.25, 0.3) is 0 Å². The second-order valence-electron chi connectivity index (χ2n) is 6.75.